The van der Waals surface area contributed by atoms with Gasteiger partial charge in [0.25, 0.3) is 0 Å². The van der Waals surface area contributed by atoms with Gasteiger partial charge in [0.2, 0.25) is 0 Å². The Kier molecular flexibility index (Phi) is 7.96. The largest absolute Gasteiger partial charge is 0.466 e. The molecule has 0 bridgehead atoms. The van der Waals surface area contributed by atoms with Gasteiger partial charge >= 0.3 is 5.97 Å². The Labute approximate surface area is 92.2 Å². The Morgan fingerprint density at radius 3 is 2.40 bits per heavy atom. The summed E-state index contributed by atoms with van der Waals surface area (Å²) in [7, 11) is 0. The Balaban J connectivity index is 3.61. The van der Waals surface area contributed by atoms with E-state index in [1.54, 1.807) is 6.92 Å². The molecule has 0 aromatic heterocycles. The number of rotatable bonds is 8. The maximum Gasteiger partial charge on any atom is 0.306 e. The maximum absolute atomic E-state index is 11.4. The van der Waals surface area contributed by atoms with E-state index in [0.29, 0.717) is 25.4 Å². The molecule has 88 valence electrons. The van der Waals surface area contributed by atoms with Crippen molar-refractivity contribution in [3.8, 4) is 0 Å². The van der Waals surface area contributed by atoms with Crippen molar-refractivity contribution in [3.05, 3.63) is 0 Å². The van der Waals surface area contributed by atoms with E-state index < -0.39 is 0 Å². The minimum Gasteiger partial charge on any atom is -0.466 e. The molecule has 0 aliphatic carbocycles. The van der Waals surface area contributed by atoms with Crippen molar-refractivity contribution in [2.24, 2.45) is 5.92 Å². The highest BCUT2D eigenvalue weighted by Gasteiger charge is 2.10. The summed E-state index contributed by atoms with van der Waals surface area (Å²) >= 11 is 0. The third-order valence-corrected chi connectivity index (χ3v) is 2.27. The van der Waals surface area contributed by atoms with Gasteiger partial charge in [0, 0.05) is 12.8 Å². The maximum atomic E-state index is 11.4. The van der Waals surface area contributed by atoms with E-state index in [0.717, 1.165) is 12.8 Å². The number of ether oxygens (including phenoxy) is 1. The second-order valence-corrected chi connectivity index (χ2v) is 3.94. The molecular formula is C12H22O3. The van der Waals surface area contributed by atoms with E-state index in [1.165, 1.54) is 0 Å². The molecule has 0 radical (unpaired) electrons. The summed E-state index contributed by atoms with van der Waals surface area (Å²) in [6, 6.07) is 0. The first-order chi connectivity index (χ1) is 7.10. The van der Waals surface area contributed by atoms with Crippen LogP contribution >= 0.6 is 0 Å². The number of carbonyl (C=O) groups is 2. The predicted octanol–water partition coefficient (Wildman–Crippen LogP) is 2.73. The van der Waals surface area contributed by atoms with Gasteiger partial charge in [-0.05, 0) is 12.8 Å². The van der Waals surface area contributed by atoms with E-state index >= 15 is 0 Å². The third-order valence-electron chi connectivity index (χ3n) is 2.27. The number of hydrogen-bond donors (Lipinski definition) is 0. The molecule has 1 atom stereocenters. The molecule has 0 spiro atoms. The summed E-state index contributed by atoms with van der Waals surface area (Å²) in [6.45, 7) is 6.34. The van der Waals surface area contributed by atoms with Gasteiger partial charge in [0.15, 0.2) is 0 Å². The fourth-order valence-corrected chi connectivity index (χ4v) is 1.56. The van der Waals surface area contributed by atoms with Crippen molar-refractivity contribution in [2.75, 3.05) is 6.61 Å². The summed E-state index contributed by atoms with van der Waals surface area (Å²) in [5.74, 6) is 0.336. The van der Waals surface area contributed by atoms with Crippen LogP contribution in [-0.4, -0.2) is 18.4 Å². The Hall–Kier alpha value is -0.860. The van der Waals surface area contributed by atoms with E-state index in [9.17, 15) is 9.59 Å². The smallest absolute Gasteiger partial charge is 0.306 e. The highest BCUT2D eigenvalue weighted by molar-refractivity contribution is 5.83. The van der Waals surface area contributed by atoms with Gasteiger partial charge in [-0.2, -0.15) is 0 Å². The highest BCUT2D eigenvalue weighted by atomic mass is 16.5. The van der Waals surface area contributed by atoms with Gasteiger partial charge < -0.3 is 4.74 Å². The number of ketones is 1. The van der Waals surface area contributed by atoms with Crippen LogP contribution in [0.2, 0.25) is 0 Å². The van der Waals surface area contributed by atoms with Crippen molar-refractivity contribution < 1.29 is 14.3 Å². The molecule has 3 heteroatoms. The van der Waals surface area contributed by atoms with Crippen LogP contribution in [0.1, 0.15) is 52.9 Å². The van der Waals surface area contributed by atoms with Crippen LogP contribution in [0.15, 0.2) is 0 Å². The fraction of sp³-hybridized carbons (Fsp3) is 0.833. The zero-order chi connectivity index (χ0) is 11.7. The van der Waals surface area contributed by atoms with Crippen LogP contribution in [0.5, 0.6) is 0 Å². The number of esters is 1. The molecule has 0 amide bonds. The Morgan fingerprint density at radius 2 is 1.87 bits per heavy atom. The van der Waals surface area contributed by atoms with Gasteiger partial charge in [-0.1, -0.05) is 26.7 Å². The van der Waals surface area contributed by atoms with E-state index in [1.807, 2.05) is 0 Å². The minimum atomic E-state index is -0.269. The summed E-state index contributed by atoms with van der Waals surface area (Å²) in [4.78, 5) is 22.4. The van der Waals surface area contributed by atoms with E-state index in [-0.39, 0.29) is 18.2 Å². The van der Waals surface area contributed by atoms with Crippen LogP contribution in [0.4, 0.5) is 0 Å². The van der Waals surface area contributed by atoms with Crippen molar-refractivity contribution in [2.45, 2.75) is 52.9 Å². The first-order valence-electron chi connectivity index (χ1n) is 5.77. The van der Waals surface area contributed by atoms with E-state index in [4.69, 9.17) is 4.74 Å². The summed E-state index contributed by atoms with van der Waals surface area (Å²) < 4.78 is 4.75. The van der Waals surface area contributed by atoms with Crippen LogP contribution < -0.4 is 0 Å². The average Bonchev–Trinajstić information content (AvgIpc) is 2.15. The summed E-state index contributed by atoms with van der Waals surface area (Å²) in [5.41, 5.74) is 0. The van der Waals surface area contributed by atoms with Gasteiger partial charge in [0.05, 0.1) is 13.0 Å². The number of hydrogen-bond acceptors (Lipinski definition) is 3. The van der Waals surface area contributed by atoms with Crippen molar-refractivity contribution >= 4 is 11.8 Å². The summed E-state index contributed by atoms with van der Waals surface area (Å²) in [5, 5.41) is 0. The Bertz CT molecular complexity index is 199. The highest BCUT2D eigenvalue weighted by Crippen LogP contribution is 2.12. The lowest BCUT2D eigenvalue weighted by atomic mass is 9.98. The molecule has 0 aliphatic rings. The summed E-state index contributed by atoms with van der Waals surface area (Å²) in [6.07, 6.45) is 3.32. The van der Waals surface area contributed by atoms with Crippen molar-refractivity contribution in [3.63, 3.8) is 0 Å². The third kappa shape index (κ3) is 8.16. The van der Waals surface area contributed by atoms with Gasteiger partial charge in [-0.15, -0.1) is 0 Å². The first-order valence-corrected chi connectivity index (χ1v) is 5.77. The van der Waals surface area contributed by atoms with Crippen LogP contribution in [-0.2, 0) is 14.3 Å². The quantitative estimate of drug-likeness (QED) is 0.583. The van der Waals surface area contributed by atoms with Crippen LogP contribution in [0, 0.1) is 5.92 Å². The van der Waals surface area contributed by atoms with E-state index in [2.05, 4.69) is 13.8 Å². The lowest BCUT2D eigenvalue weighted by Gasteiger charge is -2.08. The SMILES string of the molecule is CCCC(C)CC(=O)CCC(=O)OCC. The zero-order valence-electron chi connectivity index (χ0n) is 10.0. The molecule has 0 N–H and O–H groups in total. The number of Topliss-reactive ketones (excluding diaryl/α,β-unsaturated/α-hetero) is 1. The standard InChI is InChI=1S/C12H22O3/c1-4-6-10(3)9-11(13)7-8-12(14)15-5-2/h10H,4-9H2,1-3H3. The molecular weight excluding hydrogens is 192 g/mol. The molecule has 0 saturated heterocycles. The molecule has 0 aromatic rings. The molecule has 0 heterocycles. The molecule has 15 heavy (non-hydrogen) atoms. The number of carbonyl (C=O) groups excluding carboxylic acids is 2. The minimum absolute atomic E-state index is 0.170. The molecule has 0 rings (SSSR count). The van der Waals surface area contributed by atoms with Crippen molar-refractivity contribution in [1.29, 1.82) is 0 Å². The average molecular weight is 214 g/mol. The molecule has 0 saturated carbocycles. The first kappa shape index (κ1) is 14.1. The topological polar surface area (TPSA) is 43.4 Å². The second-order valence-electron chi connectivity index (χ2n) is 3.94. The predicted molar refractivity (Wildman–Crippen MR) is 59.6 cm³/mol. The monoisotopic (exact) mass is 214 g/mol. The van der Waals surface area contributed by atoms with Crippen LogP contribution in [0.25, 0.3) is 0 Å². The van der Waals surface area contributed by atoms with Gasteiger partial charge in [0.1, 0.15) is 5.78 Å². The molecule has 3 nitrogen and oxygen atoms in total. The Morgan fingerprint density at radius 1 is 1.20 bits per heavy atom. The molecule has 0 aromatic carbocycles. The molecule has 0 aliphatic heterocycles. The van der Waals surface area contributed by atoms with Crippen LogP contribution in [0.3, 0.4) is 0 Å². The molecule has 1 unspecified atom stereocenters. The molecule has 0 fully saturated rings. The van der Waals surface area contributed by atoms with Gasteiger partial charge in [-0.3, -0.25) is 9.59 Å². The van der Waals surface area contributed by atoms with Crippen molar-refractivity contribution in [1.82, 2.24) is 0 Å². The second kappa shape index (κ2) is 8.45. The normalized spacial score (nSPS) is 12.2. The lowest BCUT2D eigenvalue weighted by Crippen LogP contribution is -2.10. The lowest BCUT2D eigenvalue weighted by molar-refractivity contribution is -0.144. The van der Waals surface area contributed by atoms with Gasteiger partial charge in [-0.25, -0.2) is 0 Å². The fourth-order valence-electron chi connectivity index (χ4n) is 1.56. The zero-order valence-corrected chi connectivity index (χ0v) is 10.0.